The van der Waals surface area contributed by atoms with Crippen molar-refractivity contribution in [1.29, 1.82) is 0 Å². The topological polar surface area (TPSA) is 43.8 Å². The van der Waals surface area contributed by atoms with Crippen LogP contribution in [-0.2, 0) is 13.1 Å². The minimum Gasteiger partial charge on any atom is -0.326 e. The van der Waals surface area contributed by atoms with Crippen molar-refractivity contribution in [2.24, 2.45) is 5.73 Å². The normalized spacial score (nSPS) is 15.1. The smallest absolute Gasteiger partial charge is 0.0662 e. The average molecular weight is 227 g/mol. The molecule has 0 spiro atoms. The Balaban J connectivity index is 1.80. The van der Waals surface area contributed by atoms with Gasteiger partial charge < -0.3 is 5.73 Å². The SMILES string of the molecule is NCc1ccccc1Cn1ccc(C2CC2)n1. The predicted molar refractivity (Wildman–Crippen MR) is 67.6 cm³/mol. The van der Waals surface area contributed by atoms with Gasteiger partial charge in [0.1, 0.15) is 0 Å². The van der Waals surface area contributed by atoms with Crippen LogP contribution < -0.4 is 5.73 Å². The lowest BCUT2D eigenvalue weighted by atomic mass is 10.1. The third-order valence-electron chi connectivity index (χ3n) is 3.33. The fraction of sp³-hybridized carbons (Fsp3) is 0.357. The molecular formula is C14H17N3. The molecule has 3 rings (SSSR count). The van der Waals surface area contributed by atoms with Crippen LogP contribution in [0.3, 0.4) is 0 Å². The van der Waals surface area contributed by atoms with E-state index in [1.165, 1.54) is 29.7 Å². The van der Waals surface area contributed by atoms with Crippen LogP contribution in [0.5, 0.6) is 0 Å². The molecule has 0 atom stereocenters. The van der Waals surface area contributed by atoms with Gasteiger partial charge in [-0.05, 0) is 30.0 Å². The second-order valence-electron chi connectivity index (χ2n) is 4.69. The van der Waals surface area contributed by atoms with Crippen molar-refractivity contribution in [3.05, 3.63) is 53.3 Å². The molecule has 1 aliphatic rings. The standard InChI is InChI=1S/C14H17N3/c15-9-12-3-1-2-4-13(12)10-17-8-7-14(16-17)11-5-6-11/h1-4,7-8,11H,5-6,9-10,15H2. The maximum Gasteiger partial charge on any atom is 0.0662 e. The highest BCUT2D eigenvalue weighted by atomic mass is 15.3. The van der Waals surface area contributed by atoms with E-state index in [-0.39, 0.29) is 0 Å². The molecule has 0 aliphatic heterocycles. The highest BCUT2D eigenvalue weighted by Crippen LogP contribution is 2.38. The molecule has 2 aromatic rings. The zero-order chi connectivity index (χ0) is 11.7. The van der Waals surface area contributed by atoms with Gasteiger partial charge in [0.05, 0.1) is 12.2 Å². The molecule has 1 aromatic heterocycles. The number of rotatable bonds is 4. The van der Waals surface area contributed by atoms with Crippen LogP contribution in [0.1, 0.15) is 35.6 Å². The van der Waals surface area contributed by atoms with E-state index in [0.717, 1.165) is 12.5 Å². The van der Waals surface area contributed by atoms with Gasteiger partial charge in [0, 0.05) is 18.7 Å². The lowest BCUT2D eigenvalue weighted by molar-refractivity contribution is 0.667. The van der Waals surface area contributed by atoms with Gasteiger partial charge >= 0.3 is 0 Å². The first-order chi connectivity index (χ1) is 8.36. The molecule has 3 nitrogen and oxygen atoms in total. The monoisotopic (exact) mass is 227 g/mol. The number of benzene rings is 1. The molecule has 3 heteroatoms. The van der Waals surface area contributed by atoms with Crippen molar-refractivity contribution < 1.29 is 0 Å². The van der Waals surface area contributed by atoms with Gasteiger partial charge in [-0.3, -0.25) is 4.68 Å². The van der Waals surface area contributed by atoms with Crippen molar-refractivity contribution in [2.75, 3.05) is 0 Å². The Bertz CT molecular complexity index is 512. The molecule has 1 aliphatic carbocycles. The first kappa shape index (κ1) is 10.5. The van der Waals surface area contributed by atoms with Gasteiger partial charge in [0.2, 0.25) is 0 Å². The van der Waals surface area contributed by atoms with E-state index >= 15 is 0 Å². The predicted octanol–water partition coefficient (Wildman–Crippen LogP) is 2.27. The van der Waals surface area contributed by atoms with E-state index in [2.05, 4.69) is 35.6 Å². The van der Waals surface area contributed by atoms with E-state index in [0.29, 0.717) is 6.54 Å². The van der Waals surface area contributed by atoms with Gasteiger partial charge in [-0.2, -0.15) is 5.10 Å². The summed E-state index contributed by atoms with van der Waals surface area (Å²) in [6.07, 6.45) is 4.67. The minimum atomic E-state index is 0.590. The fourth-order valence-corrected chi connectivity index (χ4v) is 2.15. The molecule has 0 unspecified atom stereocenters. The van der Waals surface area contributed by atoms with E-state index < -0.39 is 0 Å². The number of nitrogens with zero attached hydrogens (tertiary/aromatic N) is 2. The van der Waals surface area contributed by atoms with Crippen LogP contribution in [-0.4, -0.2) is 9.78 Å². The number of hydrogen-bond acceptors (Lipinski definition) is 2. The van der Waals surface area contributed by atoms with Crippen LogP contribution in [0.2, 0.25) is 0 Å². The van der Waals surface area contributed by atoms with Crippen molar-refractivity contribution in [2.45, 2.75) is 31.8 Å². The van der Waals surface area contributed by atoms with Crippen molar-refractivity contribution in [3.8, 4) is 0 Å². The van der Waals surface area contributed by atoms with Crippen LogP contribution in [0.25, 0.3) is 0 Å². The van der Waals surface area contributed by atoms with Gasteiger partial charge in [0.15, 0.2) is 0 Å². The summed E-state index contributed by atoms with van der Waals surface area (Å²) in [4.78, 5) is 0. The minimum absolute atomic E-state index is 0.590. The molecule has 17 heavy (non-hydrogen) atoms. The third-order valence-corrected chi connectivity index (χ3v) is 3.33. The first-order valence-electron chi connectivity index (χ1n) is 6.17. The summed E-state index contributed by atoms with van der Waals surface area (Å²) in [7, 11) is 0. The largest absolute Gasteiger partial charge is 0.326 e. The lowest BCUT2D eigenvalue weighted by Gasteiger charge is -2.07. The zero-order valence-electron chi connectivity index (χ0n) is 9.84. The molecule has 0 amide bonds. The Kier molecular flexibility index (Phi) is 2.69. The van der Waals surface area contributed by atoms with E-state index in [4.69, 9.17) is 5.73 Å². The summed E-state index contributed by atoms with van der Waals surface area (Å²) < 4.78 is 2.02. The molecule has 1 saturated carbocycles. The van der Waals surface area contributed by atoms with Crippen LogP contribution in [0.4, 0.5) is 0 Å². The van der Waals surface area contributed by atoms with Crippen LogP contribution >= 0.6 is 0 Å². The molecule has 88 valence electrons. The van der Waals surface area contributed by atoms with Crippen molar-refractivity contribution in [1.82, 2.24) is 9.78 Å². The number of hydrogen-bond donors (Lipinski definition) is 1. The summed E-state index contributed by atoms with van der Waals surface area (Å²) in [5.41, 5.74) is 9.45. The number of aromatic nitrogens is 2. The van der Waals surface area contributed by atoms with Crippen LogP contribution in [0, 0.1) is 0 Å². The highest BCUT2D eigenvalue weighted by Gasteiger charge is 2.25. The molecule has 0 saturated heterocycles. The van der Waals surface area contributed by atoms with Crippen LogP contribution in [0.15, 0.2) is 36.5 Å². The van der Waals surface area contributed by atoms with Crippen molar-refractivity contribution >= 4 is 0 Å². The molecule has 1 fully saturated rings. The molecule has 1 heterocycles. The van der Waals surface area contributed by atoms with E-state index in [1.54, 1.807) is 0 Å². The maximum atomic E-state index is 5.74. The van der Waals surface area contributed by atoms with Crippen molar-refractivity contribution in [3.63, 3.8) is 0 Å². The number of nitrogens with two attached hydrogens (primary N) is 1. The fourth-order valence-electron chi connectivity index (χ4n) is 2.15. The molecule has 1 aromatic carbocycles. The van der Waals surface area contributed by atoms with E-state index in [1.807, 2.05) is 10.7 Å². The molecule has 0 radical (unpaired) electrons. The van der Waals surface area contributed by atoms with Gasteiger partial charge in [-0.1, -0.05) is 24.3 Å². The molecule has 0 bridgehead atoms. The third kappa shape index (κ3) is 2.24. The molecular weight excluding hydrogens is 210 g/mol. The Morgan fingerprint density at radius 2 is 1.94 bits per heavy atom. The highest BCUT2D eigenvalue weighted by molar-refractivity contribution is 5.27. The Labute approximate surface area is 101 Å². The second kappa shape index (κ2) is 4.34. The summed E-state index contributed by atoms with van der Waals surface area (Å²) in [5.74, 6) is 0.723. The Hall–Kier alpha value is -1.61. The van der Waals surface area contributed by atoms with Gasteiger partial charge in [0.25, 0.3) is 0 Å². The first-order valence-corrected chi connectivity index (χ1v) is 6.17. The quantitative estimate of drug-likeness (QED) is 0.870. The van der Waals surface area contributed by atoms with Gasteiger partial charge in [-0.15, -0.1) is 0 Å². The lowest BCUT2D eigenvalue weighted by Crippen LogP contribution is -2.06. The zero-order valence-corrected chi connectivity index (χ0v) is 9.84. The molecule has 2 N–H and O–H groups in total. The van der Waals surface area contributed by atoms with E-state index in [9.17, 15) is 0 Å². The van der Waals surface area contributed by atoms with Gasteiger partial charge in [-0.25, -0.2) is 0 Å². The summed E-state index contributed by atoms with van der Waals surface area (Å²) >= 11 is 0. The maximum absolute atomic E-state index is 5.74. The average Bonchev–Trinajstić information content (AvgIpc) is 3.11. The summed E-state index contributed by atoms with van der Waals surface area (Å²) in [5, 5.41) is 4.62. The Morgan fingerprint density at radius 1 is 1.18 bits per heavy atom. The summed E-state index contributed by atoms with van der Waals surface area (Å²) in [6.45, 7) is 1.41. The Morgan fingerprint density at radius 3 is 2.65 bits per heavy atom. The second-order valence-corrected chi connectivity index (χ2v) is 4.69. The summed E-state index contributed by atoms with van der Waals surface area (Å²) in [6, 6.07) is 10.4.